The van der Waals surface area contributed by atoms with Crippen LogP contribution in [0.1, 0.15) is 37.3 Å². The Bertz CT molecular complexity index is 1160. The lowest BCUT2D eigenvalue weighted by molar-refractivity contribution is -0.140. The van der Waals surface area contributed by atoms with E-state index in [2.05, 4.69) is 14.9 Å². The van der Waals surface area contributed by atoms with Gasteiger partial charge in [-0.2, -0.15) is 0 Å². The summed E-state index contributed by atoms with van der Waals surface area (Å²) in [5.41, 5.74) is 1.82. The number of carbonyl (C=O) groups is 2. The van der Waals surface area contributed by atoms with E-state index >= 15 is 0 Å². The van der Waals surface area contributed by atoms with Crippen LogP contribution in [0.2, 0.25) is 0 Å². The number of hydrogen-bond donors (Lipinski definition) is 2. The summed E-state index contributed by atoms with van der Waals surface area (Å²) in [4.78, 5) is 30.5. The molecular weight excluding hydrogens is 504 g/mol. The highest BCUT2D eigenvalue weighted by Gasteiger charge is 2.28. The highest BCUT2D eigenvalue weighted by Crippen LogP contribution is 2.22. The van der Waals surface area contributed by atoms with Gasteiger partial charge in [0.25, 0.3) is 0 Å². The number of hydrogen-bond acceptors (Lipinski definition) is 6. The fourth-order valence-electron chi connectivity index (χ4n) is 4.39. The zero-order valence-electron chi connectivity index (χ0n) is 22.0. The first-order chi connectivity index (χ1) is 18.3. The van der Waals surface area contributed by atoms with Gasteiger partial charge in [0.2, 0.25) is 21.8 Å². The van der Waals surface area contributed by atoms with Crippen LogP contribution in [0.4, 0.5) is 0 Å². The lowest BCUT2D eigenvalue weighted by Gasteiger charge is -2.30. The van der Waals surface area contributed by atoms with Crippen molar-refractivity contribution in [2.24, 2.45) is 0 Å². The minimum Gasteiger partial charge on any atom is -0.379 e. The standard InChI is InChI=1S/C28H38N4O5S/c1-22(28(34)29-15-16-31-17-19-37-20-18-31)32(21-24-5-3-2-4-6-24)27(33)14-9-23-7-12-26(13-8-23)38(35,36)30-25-10-11-25/h2-8,12-13,22,25,30H,9-11,14-21H2,1H3,(H,29,34). The Morgan fingerprint density at radius 3 is 2.37 bits per heavy atom. The quantitative estimate of drug-likeness (QED) is 0.401. The lowest BCUT2D eigenvalue weighted by Crippen LogP contribution is -2.49. The summed E-state index contributed by atoms with van der Waals surface area (Å²) >= 11 is 0. The minimum atomic E-state index is -3.51. The van der Waals surface area contributed by atoms with Crippen LogP contribution < -0.4 is 10.0 Å². The van der Waals surface area contributed by atoms with Gasteiger partial charge in [-0.25, -0.2) is 13.1 Å². The highest BCUT2D eigenvalue weighted by atomic mass is 32.2. The number of morpholine rings is 1. The third kappa shape index (κ3) is 8.36. The summed E-state index contributed by atoms with van der Waals surface area (Å²) in [6.45, 7) is 6.48. The number of aryl methyl sites for hydroxylation is 1. The van der Waals surface area contributed by atoms with E-state index in [1.165, 1.54) is 0 Å². The van der Waals surface area contributed by atoms with Crippen LogP contribution >= 0.6 is 0 Å². The average Bonchev–Trinajstić information content (AvgIpc) is 3.74. The zero-order chi connectivity index (χ0) is 27.0. The van der Waals surface area contributed by atoms with Crippen LogP contribution in [-0.4, -0.2) is 81.5 Å². The van der Waals surface area contributed by atoms with Crippen molar-refractivity contribution in [1.29, 1.82) is 0 Å². The van der Waals surface area contributed by atoms with Crippen LogP contribution in [0, 0.1) is 0 Å². The topological polar surface area (TPSA) is 108 Å². The molecule has 2 aliphatic rings. The SMILES string of the molecule is CC(C(=O)NCCN1CCOCC1)N(Cc1ccccc1)C(=O)CCc1ccc(S(=O)(=O)NC2CC2)cc1. The fourth-order valence-corrected chi connectivity index (χ4v) is 5.70. The molecule has 206 valence electrons. The molecule has 9 nitrogen and oxygen atoms in total. The number of carbonyl (C=O) groups excluding carboxylic acids is 2. The van der Waals surface area contributed by atoms with E-state index in [1.54, 1.807) is 36.1 Å². The second kappa shape index (κ2) is 13.3. The summed E-state index contributed by atoms with van der Waals surface area (Å²) in [5.74, 6) is -0.308. The number of benzene rings is 2. The Kier molecular flexibility index (Phi) is 9.90. The molecule has 4 rings (SSSR count). The van der Waals surface area contributed by atoms with Gasteiger partial charge in [0.15, 0.2) is 0 Å². The normalized spacial score (nSPS) is 17.1. The Labute approximate surface area is 225 Å². The highest BCUT2D eigenvalue weighted by molar-refractivity contribution is 7.89. The van der Waals surface area contributed by atoms with Gasteiger partial charge in [0, 0.05) is 45.2 Å². The maximum Gasteiger partial charge on any atom is 0.242 e. The van der Waals surface area contributed by atoms with Gasteiger partial charge in [-0.1, -0.05) is 42.5 Å². The monoisotopic (exact) mass is 542 g/mol. The first kappa shape index (κ1) is 28.2. The van der Waals surface area contributed by atoms with Crippen LogP contribution in [0.15, 0.2) is 59.5 Å². The predicted octanol–water partition coefficient (Wildman–Crippen LogP) is 1.93. The molecule has 0 radical (unpaired) electrons. The number of nitrogens with zero attached hydrogens (tertiary/aromatic N) is 2. The van der Waals surface area contributed by atoms with Gasteiger partial charge in [-0.05, 0) is 49.4 Å². The third-order valence-electron chi connectivity index (χ3n) is 6.95. The summed E-state index contributed by atoms with van der Waals surface area (Å²) in [5, 5.41) is 2.98. The van der Waals surface area contributed by atoms with E-state index in [0.29, 0.717) is 32.7 Å². The Hall–Kier alpha value is -2.79. The largest absolute Gasteiger partial charge is 0.379 e. The fraction of sp³-hybridized carbons (Fsp3) is 0.500. The third-order valence-corrected chi connectivity index (χ3v) is 8.49. The molecule has 2 amide bonds. The van der Waals surface area contributed by atoms with Gasteiger partial charge in [0.1, 0.15) is 6.04 Å². The van der Waals surface area contributed by atoms with Gasteiger partial charge in [-0.15, -0.1) is 0 Å². The van der Waals surface area contributed by atoms with E-state index in [0.717, 1.165) is 43.6 Å². The van der Waals surface area contributed by atoms with Crippen molar-refractivity contribution in [1.82, 2.24) is 19.8 Å². The predicted molar refractivity (Wildman–Crippen MR) is 145 cm³/mol. The van der Waals surface area contributed by atoms with E-state index < -0.39 is 16.1 Å². The van der Waals surface area contributed by atoms with E-state index in [4.69, 9.17) is 4.74 Å². The smallest absolute Gasteiger partial charge is 0.242 e. The molecule has 2 N–H and O–H groups in total. The van der Waals surface area contributed by atoms with Crippen LogP contribution in [0.3, 0.4) is 0 Å². The van der Waals surface area contributed by atoms with Crippen molar-refractivity contribution in [3.8, 4) is 0 Å². The van der Waals surface area contributed by atoms with Crippen molar-refractivity contribution in [2.75, 3.05) is 39.4 Å². The molecule has 0 bridgehead atoms. The summed E-state index contributed by atoms with van der Waals surface area (Å²) in [6.07, 6.45) is 2.42. The molecule has 1 aliphatic heterocycles. The Morgan fingerprint density at radius 1 is 1.03 bits per heavy atom. The summed E-state index contributed by atoms with van der Waals surface area (Å²) < 4.78 is 32.9. The molecule has 1 atom stereocenters. The number of ether oxygens (including phenoxy) is 1. The second-order valence-electron chi connectivity index (χ2n) is 9.97. The number of nitrogens with one attached hydrogen (secondary N) is 2. The van der Waals surface area contributed by atoms with Gasteiger partial charge in [-0.3, -0.25) is 14.5 Å². The molecule has 1 saturated heterocycles. The molecule has 1 saturated carbocycles. The molecule has 1 unspecified atom stereocenters. The number of amides is 2. The lowest BCUT2D eigenvalue weighted by atomic mass is 10.1. The molecule has 1 heterocycles. The van der Waals surface area contributed by atoms with Gasteiger partial charge >= 0.3 is 0 Å². The summed E-state index contributed by atoms with van der Waals surface area (Å²) in [7, 11) is -3.51. The van der Waals surface area contributed by atoms with E-state index in [9.17, 15) is 18.0 Å². The first-order valence-corrected chi connectivity index (χ1v) is 14.8. The molecule has 1 aliphatic carbocycles. The van der Waals surface area contributed by atoms with E-state index in [1.807, 2.05) is 30.3 Å². The van der Waals surface area contributed by atoms with Crippen molar-refractivity contribution < 1.29 is 22.7 Å². The number of sulfonamides is 1. The van der Waals surface area contributed by atoms with Gasteiger partial charge in [0.05, 0.1) is 18.1 Å². The zero-order valence-corrected chi connectivity index (χ0v) is 22.8. The Morgan fingerprint density at radius 2 is 1.71 bits per heavy atom. The van der Waals surface area contributed by atoms with Crippen molar-refractivity contribution >= 4 is 21.8 Å². The molecule has 0 spiro atoms. The molecule has 38 heavy (non-hydrogen) atoms. The molecular formula is C28H38N4O5S. The Balaban J connectivity index is 1.34. The van der Waals surface area contributed by atoms with Crippen LogP contribution in [-0.2, 0) is 37.3 Å². The maximum atomic E-state index is 13.4. The first-order valence-electron chi connectivity index (χ1n) is 13.3. The van der Waals surface area contributed by atoms with Gasteiger partial charge < -0.3 is 15.0 Å². The molecule has 2 fully saturated rings. The molecule has 10 heteroatoms. The summed E-state index contributed by atoms with van der Waals surface area (Å²) in [6, 6.07) is 15.7. The molecule has 2 aromatic rings. The maximum absolute atomic E-state index is 13.4. The minimum absolute atomic E-state index is 0.0476. The van der Waals surface area contributed by atoms with Crippen LogP contribution in [0.5, 0.6) is 0 Å². The van der Waals surface area contributed by atoms with Crippen molar-refractivity contribution in [3.05, 3.63) is 65.7 Å². The average molecular weight is 543 g/mol. The number of rotatable bonds is 13. The van der Waals surface area contributed by atoms with E-state index in [-0.39, 0.29) is 29.2 Å². The molecule has 2 aromatic carbocycles. The van der Waals surface area contributed by atoms with Crippen molar-refractivity contribution in [2.45, 2.75) is 56.1 Å². The van der Waals surface area contributed by atoms with Crippen molar-refractivity contribution in [3.63, 3.8) is 0 Å². The molecule has 0 aromatic heterocycles. The second-order valence-corrected chi connectivity index (χ2v) is 11.7. The van der Waals surface area contributed by atoms with Crippen LogP contribution in [0.25, 0.3) is 0 Å².